The molecule has 0 saturated carbocycles. The number of carbonyl (C=O) groups excluding carboxylic acids is 2. The lowest BCUT2D eigenvalue weighted by molar-refractivity contribution is 0.0761. The van der Waals surface area contributed by atoms with E-state index in [-0.39, 0.29) is 11.8 Å². The van der Waals surface area contributed by atoms with Gasteiger partial charge in [0.15, 0.2) is 5.69 Å². The van der Waals surface area contributed by atoms with Crippen LogP contribution in [0.15, 0.2) is 73.1 Å². The van der Waals surface area contributed by atoms with Crippen molar-refractivity contribution in [1.29, 1.82) is 0 Å². The zero-order valence-electron chi connectivity index (χ0n) is 19.9. The molecule has 1 aliphatic heterocycles. The molecule has 0 unspecified atom stereocenters. The largest absolute Gasteiger partial charge is 0.339 e. The number of amides is 2. The number of anilines is 1. The Morgan fingerprint density at radius 3 is 2.71 bits per heavy atom. The van der Waals surface area contributed by atoms with Crippen molar-refractivity contribution in [3.8, 4) is 0 Å². The summed E-state index contributed by atoms with van der Waals surface area (Å²) in [5, 5.41) is 8.18. The first-order valence-electron chi connectivity index (χ1n) is 12.1. The van der Waals surface area contributed by atoms with Crippen LogP contribution in [0.5, 0.6) is 0 Å². The van der Waals surface area contributed by atoms with Crippen LogP contribution in [-0.4, -0.2) is 44.6 Å². The summed E-state index contributed by atoms with van der Waals surface area (Å²) in [6, 6.07) is 19.3. The molecule has 2 amide bonds. The van der Waals surface area contributed by atoms with Crippen LogP contribution < -0.4 is 5.32 Å². The molecule has 5 rings (SSSR count). The molecule has 1 fully saturated rings. The van der Waals surface area contributed by atoms with E-state index in [0.717, 1.165) is 31.2 Å². The van der Waals surface area contributed by atoms with Gasteiger partial charge in [-0.05, 0) is 61.4 Å². The SMILES string of the molecule is Cn1ccc(C(=O)Nc2ccccc2C(=O)N2CCC[C@H](Cc3cccc4cccnc34)CC2)n1. The number of aromatic nitrogens is 3. The van der Waals surface area contributed by atoms with E-state index in [0.29, 0.717) is 36.0 Å². The second-order valence-electron chi connectivity index (χ2n) is 9.16. The van der Waals surface area contributed by atoms with Gasteiger partial charge >= 0.3 is 0 Å². The number of benzene rings is 2. The number of nitrogens with zero attached hydrogens (tertiary/aromatic N) is 4. The summed E-state index contributed by atoms with van der Waals surface area (Å²) in [7, 11) is 1.76. The molecular formula is C28H29N5O2. The van der Waals surface area contributed by atoms with Gasteiger partial charge in [0.1, 0.15) is 0 Å². The number of hydrogen-bond acceptors (Lipinski definition) is 4. The van der Waals surface area contributed by atoms with Crippen molar-refractivity contribution in [3.63, 3.8) is 0 Å². The predicted octanol–water partition coefficient (Wildman–Crippen LogP) is 4.71. The fourth-order valence-corrected chi connectivity index (χ4v) is 4.89. The molecule has 1 aliphatic rings. The Balaban J connectivity index is 1.27. The third-order valence-electron chi connectivity index (χ3n) is 6.71. The third-order valence-corrected chi connectivity index (χ3v) is 6.71. The van der Waals surface area contributed by atoms with Gasteiger partial charge in [-0.15, -0.1) is 0 Å². The number of hydrogen-bond donors (Lipinski definition) is 1. The van der Waals surface area contributed by atoms with Crippen molar-refractivity contribution in [1.82, 2.24) is 19.7 Å². The van der Waals surface area contributed by atoms with Crippen molar-refractivity contribution >= 4 is 28.4 Å². The number of likely N-dealkylation sites (tertiary alicyclic amines) is 1. The summed E-state index contributed by atoms with van der Waals surface area (Å²) in [6.07, 6.45) is 7.50. The summed E-state index contributed by atoms with van der Waals surface area (Å²) < 4.78 is 1.58. The zero-order valence-corrected chi connectivity index (χ0v) is 19.9. The molecule has 7 heteroatoms. The van der Waals surface area contributed by atoms with E-state index < -0.39 is 0 Å². The molecule has 35 heavy (non-hydrogen) atoms. The van der Waals surface area contributed by atoms with Crippen LogP contribution in [0.2, 0.25) is 0 Å². The van der Waals surface area contributed by atoms with E-state index in [4.69, 9.17) is 0 Å². The minimum absolute atomic E-state index is 0.0469. The van der Waals surface area contributed by atoms with Gasteiger partial charge in [0.2, 0.25) is 0 Å². The number of aryl methyl sites for hydroxylation is 1. The Labute approximate surface area is 204 Å². The van der Waals surface area contributed by atoms with Crippen LogP contribution in [0, 0.1) is 5.92 Å². The molecule has 1 saturated heterocycles. The molecule has 0 aliphatic carbocycles. The first-order chi connectivity index (χ1) is 17.1. The molecule has 0 bridgehead atoms. The van der Waals surface area contributed by atoms with Gasteiger partial charge in [-0.3, -0.25) is 19.3 Å². The normalized spacial score (nSPS) is 16.1. The average molecular weight is 468 g/mol. The number of nitrogens with one attached hydrogen (secondary N) is 1. The minimum atomic E-state index is -0.328. The van der Waals surface area contributed by atoms with Gasteiger partial charge in [-0.2, -0.15) is 5.10 Å². The first-order valence-corrected chi connectivity index (χ1v) is 12.1. The van der Waals surface area contributed by atoms with E-state index in [9.17, 15) is 9.59 Å². The highest BCUT2D eigenvalue weighted by molar-refractivity contribution is 6.08. The fourth-order valence-electron chi connectivity index (χ4n) is 4.89. The second-order valence-corrected chi connectivity index (χ2v) is 9.16. The lowest BCUT2D eigenvalue weighted by Crippen LogP contribution is -2.33. The highest BCUT2D eigenvalue weighted by Gasteiger charge is 2.24. The Morgan fingerprint density at radius 1 is 1.00 bits per heavy atom. The summed E-state index contributed by atoms with van der Waals surface area (Å²) in [5.41, 5.74) is 3.68. The highest BCUT2D eigenvalue weighted by atomic mass is 16.2. The van der Waals surface area contributed by atoms with E-state index >= 15 is 0 Å². The van der Waals surface area contributed by atoms with Gasteiger partial charge in [0.05, 0.1) is 16.8 Å². The monoisotopic (exact) mass is 467 g/mol. The summed E-state index contributed by atoms with van der Waals surface area (Å²) in [4.78, 5) is 32.6. The zero-order chi connectivity index (χ0) is 24.2. The van der Waals surface area contributed by atoms with Crippen molar-refractivity contribution in [3.05, 3.63) is 89.9 Å². The van der Waals surface area contributed by atoms with Crippen molar-refractivity contribution in [2.75, 3.05) is 18.4 Å². The number of para-hydroxylation sites is 2. The van der Waals surface area contributed by atoms with Gasteiger partial charge in [0, 0.05) is 37.9 Å². The topological polar surface area (TPSA) is 80.1 Å². The van der Waals surface area contributed by atoms with Crippen LogP contribution in [0.1, 0.15) is 45.7 Å². The summed E-state index contributed by atoms with van der Waals surface area (Å²) in [6.45, 7) is 1.41. The maximum atomic E-state index is 13.5. The highest BCUT2D eigenvalue weighted by Crippen LogP contribution is 2.27. The maximum Gasteiger partial charge on any atom is 0.276 e. The molecule has 4 aromatic rings. The predicted molar refractivity (Wildman–Crippen MR) is 136 cm³/mol. The molecule has 2 aromatic carbocycles. The number of fused-ring (bicyclic) bond motifs is 1. The van der Waals surface area contributed by atoms with Gasteiger partial charge in [-0.25, -0.2) is 0 Å². The van der Waals surface area contributed by atoms with Crippen LogP contribution in [0.3, 0.4) is 0 Å². The lowest BCUT2D eigenvalue weighted by atomic mass is 9.91. The van der Waals surface area contributed by atoms with Crippen molar-refractivity contribution in [2.45, 2.75) is 25.7 Å². The van der Waals surface area contributed by atoms with Crippen LogP contribution in [-0.2, 0) is 13.5 Å². The van der Waals surface area contributed by atoms with E-state index in [1.165, 1.54) is 10.9 Å². The number of carbonyl (C=O) groups is 2. The molecular weight excluding hydrogens is 438 g/mol. The van der Waals surface area contributed by atoms with E-state index in [1.807, 2.05) is 29.3 Å². The molecule has 178 valence electrons. The molecule has 3 heterocycles. The quantitative estimate of drug-likeness (QED) is 0.461. The van der Waals surface area contributed by atoms with E-state index in [2.05, 4.69) is 39.7 Å². The van der Waals surface area contributed by atoms with Gasteiger partial charge in [-0.1, -0.05) is 36.4 Å². The molecule has 2 aromatic heterocycles. The summed E-state index contributed by atoms with van der Waals surface area (Å²) >= 11 is 0. The summed E-state index contributed by atoms with van der Waals surface area (Å²) in [5.74, 6) is 0.124. The molecule has 1 N–H and O–H groups in total. The van der Waals surface area contributed by atoms with Crippen molar-refractivity contribution < 1.29 is 9.59 Å². The third kappa shape index (κ3) is 5.09. The minimum Gasteiger partial charge on any atom is -0.339 e. The van der Waals surface area contributed by atoms with E-state index in [1.54, 1.807) is 36.1 Å². The number of rotatable bonds is 5. The van der Waals surface area contributed by atoms with Gasteiger partial charge < -0.3 is 10.2 Å². The first kappa shape index (κ1) is 22.8. The Hall–Kier alpha value is -4.00. The second kappa shape index (κ2) is 10.1. The van der Waals surface area contributed by atoms with Crippen LogP contribution >= 0.6 is 0 Å². The Morgan fingerprint density at radius 2 is 1.86 bits per heavy atom. The maximum absolute atomic E-state index is 13.5. The number of pyridine rings is 1. The smallest absolute Gasteiger partial charge is 0.276 e. The fraction of sp³-hybridized carbons (Fsp3) is 0.286. The molecule has 1 atom stereocenters. The Bertz CT molecular complexity index is 1360. The molecule has 0 spiro atoms. The van der Waals surface area contributed by atoms with Crippen molar-refractivity contribution in [2.24, 2.45) is 13.0 Å². The lowest BCUT2D eigenvalue weighted by Gasteiger charge is -2.22. The molecule has 0 radical (unpaired) electrons. The Kier molecular flexibility index (Phi) is 6.57. The van der Waals surface area contributed by atoms with Crippen LogP contribution in [0.4, 0.5) is 5.69 Å². The van der Waals surface area contributed by atoms with Crippen LogP contribution in [0.25, 0.3) is 10.9 Å². The van der Waals surface area contributed by atoms with Gasteiger partial charge in [0.25, 0.3) is 11.8 Å². The standard InChI is InChI=1S/C28H29N5O2/c1-32-17-14-25(31-32)27(34)30-24-12-3-2-11-23(24)28(35)33-16-6-7-20(13-18-33)19-22-9-4-8-21-10-5-15-29-26(21)22/h2-5,8-12,14-15,17,20H,6-7,13,16,18-19H2,1H3,(H,30,34)/t20-/m0/s1. The molecule has 7 nitrogen and oxygen atoms in total. The average Bonchev–Trinajstić information content (AvgIpc) is 3.18.